The van der Waals surface area contributed by atoms with Gasteiger partial charge in [-0.25, -0.2) is 8.42 Å². The molecule has 1 aromatic carbocycles. The lowest BCUT2D eigenvalue weighted by molar-refractivity contribution is 0.218. The van der Waals surface area contributed by atoms with Crippen LogP contribution >= 0.6 is 0 Å². The Bertz CT molecular complexity index is 613. The number of piperidine rings is 1. The van der Waals surface area contributed by atoms with Crippen LogP contribution in [0.1, 0.15) is 19.3 Å². The first-order chi connectivity index (χ1) is 11.0. The minimum atomic E-state index is -3.61. The van der Waals surface area contributed by atoms with Crippen molar-refractivity contribution < 1.29 is 17.9 Å². The number of rotatable bonds is 7. The van der Waals surface area contributed by atoms with Gasteiger partial charge < -0.3 is 14.4 Å². The Morgan fingerprint density at radius 3 is 2.43 bits per heavy atom. The minimum absolute atomic E-state index is 0.139. The molecule has 0 N–H and O–H groups in total. The van der Waals surface area contributed by atoms with E-state index in [0.29, 0.717) is 18.0 Å². The Balaban J connectivity index is 2.12. The second-order valence-corrected chi connectivity index (χ2v) is 7.76. The molecule has 1 fully saturated rings. The maximum atomic E-state index is 12.8. The minimum Gasteiger partial charge on any atom is -0.497 e. The molecular formula is C16H26N2O4S. The first-order valence-corrected chi connectivity index (χ1v) is 9.33. The zero-order chi connectivity index (χ0) is 16.9. The number of nitrogens with zero attached hydrogens (tertiary/aromatic N) is 2. The van der Waals surface area contributed by atoms with E-state index < -0.39 is 10.0 Å². The van der Waals surface area contributed by atoms with Gasteiger partial charge in [-0.1, -0.05) is 6.42 Å². The third kappa shape index (κ3) is 4.37. The number of likely N-dealkylation sites (N-methyl/N-ethyl adjacent to an activating group) is 1. The maximum absolute atomic E-state index is 12.8. The highest BCUT2D eigenvalue weighted by molar-refractivity contribution is 7.89. The second-order valence-electron chi connectivity index (χ2n) is 5.75. The first-order valence-electron chi connectivity index (χ1n) is 7.89. The number of hydrogen-bond donors (Lipinski definition) is 0. The number of likely N-dealkylation sites (tertiary alicyclic amines) is 1. The fourth-order valence-corrected chi connectivity index (χ4v) is 4.07. The van der Waals surface area contributed by atoms with Gasteiger partial charge in [0, 0.05) is 26.2 Å². The van der Waals surface area contributed by atoms with Crippen molar-refractivity contribution in [1.82, 2.24) is 9.21 Å². The molecule has 0 saturated carbocycles. The summed E-state index contributed by atoms with van der Waals surface area (Å²) >= 11 is 0. The normalized spacial score (nSPS) is 16.5. The Hall–Kier alpha value is -1.31. The van der Waals surface area contributed by atoms with Gasteiger partial charge in [0.2, 0.25) is 10.0 Å². The molecule has 7 heteroatoms. The molecule has 0 spiro atoms. The van der Waals surface area contributed by atoms with Crippen molar-refractivity contribution >= 4 is 10.0 Å². The van der Waals surface area contributed by atoms with Gasteiger partial charge in [-0.05, 0) is 38.1 Å². The van der Waals surface area contributed by atoms with E-state index in [4.69, 9.17) is 9.47 Å². The van der Waals surface area contributed by atoms with Crippen LogP contribution in [0.4, 0.5) is 0 Å². The Morgan fingerprint density at radius 1 is 1.13 bits per heavy atom. The molecule has 0 aromatic heterocycles. The van der Waals surface area contributed by atoms with Crippen LogP contribution in [0.5, 0.6) is 11.5 Å². The molecule has 0 bridgehead atoms. The molecule has 1 aromatic rings. The molecule has 0 unspecified atom stereocenters. The molecule has 6 nitrogen and oxygen atoms in total. The molecule has 130 valence electrons. The summed E-state index contributed by atoms with van der Waals surface area (Å²) in [5.74, 6) is 0.824. The van der Waals surface area contributed by atoms with Gasteiger partial charge in [0.15, 0.2) is 0 Å². The van der Waals surface area contributed by atoms with Gasteiger partial charge in [-0.15, -0.1) is 0 Å². The molecule has 0 aliphatic carbocycles. The van der Waals surface area contributed by atoms with Crippen LogP contribution < -0.4 is 9.47 Å². The van der Waals surface area contributed by atoms with Crippen molar-refractivity contribution in [3.8, 4) is 11.5 Å². The molecule has 1 saturated heterocycles. The van der Waals surface area contributed by atoms with E-state index in [-0.39, 0.29) is 4.90 Å². The number of sulfonamides is 1. The lowest BCUT2D eigenvalue weighted by Gasteiger charge is -2.28. The van der Waals surface area contributed by atoms with Crippen molar-refractivity contribution in [2.24, 2.45) is 0 Å². The van der Waals surface area contributed by atoms with Crippen LogP contribution in [-0.2, 0) is 10.0 Å². The summed E-state index contributed by atoms with van der Waals surface area (Å²) in [4.78, 5) is 2.46. The van der Waals surface area contributed by atoms with Crippen LogP contribution in [0.25, 0.3) is 0 Å². The molecule has 0 atom stereocenters. The largest absolute Gasteiger partial charge is 0.497 e. The topological polar surface area (TPSA) is 59.1 Å². The molecule has 1 aliphatic heterocycles. The van der Waals surface area contributed by atoms with Gasteiger partial charge in [-0.2, -0.15) is 4.31 Å². The zero-order valence-corrected chi connectivity index (χ0v) is 14.9. The average molecular weight is 342 g/mol. The van der Waals surface area contributed by atoms with E-state index >= 15 is 0 Å². The summed E-state index contributed by atoms with van der Waals surface area (Å²) in [5.41, 5.74) is 0. The van der Waals surface area contributed by atoms with E-state index in [0.717, 1.165) is 19.6 Å². The monoisotopic (exact) mass is 342 g/mol. The average Bonchev–Trinajstić information content (AvgIpc) is 2.59. The van der Waals surface area contributed by atoms with Gasteiger partial charge in [0.25, 0.3) is 0 Å². The summed E-state index contributed by atoms with van der Waals surface area (Å²) in [5, 5.41) is 0. The van der Waals surface area contributed by atoms with Crippen LogP contribution in [0.2, 0.25) is 0 Å². The molecule has 2 rings (SSSR count). The van der Waals surface area contributed by atoms with Gasteiger partial charge >= 0.3 is 0 Å². The molecular weight excluding hydrogens is 316 g/mol. The Labute approximate surface area is 139 Å². The number of benzene rings is 1. The van der Waals surface area contributed by atoms with Crippen LogP contribution in [0.3, 0.4) is 0 Å². The van der Waals surface area contributed by atoms with E-state index in [1.54, 1.807) is 19.2 Å². The second kappa shape index (κ2) is 7.99. The number of methoxy groups -OCH3 is 2. The van der Waals surface area contributed by atoms with Gasteiger partial charge in [0.05, 0.1) is 14.2 Å². The quantitative estimate of drug-likeness (QED) is 0.756. The highest BCUT2D eigenvalue weighted by atomic mass is 32.2. The molecule has 0 amide bonds. The molecule has 0 radical (unpaired) electrons. The van der Waals surface area contributed by atoms with E-state index in [1.807, 2.05) is 0 Å². The van der Waals surface area contributed by atoms with Crippen molar-refractivity contribution in [1.29, 1.82) is 0 Å². The van der Waals surface area contributed by atoms with Crippen molar-refractivity contribution in [3.63, 3.8) is 0 Å². The van der Waals surface area contributed by atoms with Crippen molar-refractivity contribution in [2.45, 2.75) is 24.2 Å². The van der Waals surface area contributed by atoms with Crippen molar-refractivity contribution in [3.05, 3.63) is 18.2 Å². The van der Waals surface area contributed by atoms with Crippen LogP contribution in [-0.4, -0.2) is 65.1 Å². The zero-order valence-electron chi connectivity index (χ0n) is 14.1. The Morgan fingerprint density at radius 2 is 1.83 bits per heavy atom. The maximum Gasteiger partial charge on any atom is 0.246 e. The first kappa shape index (κ1) is 18.0. The summed E-state index contributed by atoms with van der Waals surface area (Å²) in [6.07, 6.45) is 3.66. The predicted octanol–water partition coefficient (Wildman–Crippen LogP) is 1.81. The van der Waals surface area contributed by atoms with E-state index in [9.17, 15) is 8.42 Å². The summed E-state index contributed by atoms with van der Waals surface area (Å²) in [6.45, 7) is 3.32. The van der Waals surface area contributed by atoms with E-state index in [2.05, 4.69) is 4.90 Å². The number of ether oxygens (including phenoxy) is 2. The fourth-order valence-electron chi connectivity index (χ4n) is 2.74. The lowest BCUT2D eigenvalue weighted by atomic mass is 10.1. The van der Waals surface area contributed by atoms with Crippen LogP contribution in [0, 0.1) is 0 Å². The SMILES string of the molecule is COc1ccc(OC)c(S(=O)(=O)N(C)CCN2CCCCC2)c1. The number of hydrogen-bond acceptors (Lipinski definition) is 5. The van der Waals surface area contributed by atoms with Crippen molar-refractivity contribution in [2.75, 3.05) is 47.4 Å². The predicted molar refractivity (Wildman–Crippen MR) is 89.7 cm³/mol. The highest BCUT2D eigenvalue weighted by Crippen LogP contribution is 2.30. The van der Waals surface area contributed by atoms with E-state index in [1.165, 1.54) is 43.9 Å². The highest BCUT2D eigenvalue weighted by Gasteiger charge is 2.26. The molecule has 23 heavy (non-hydrogen) atoms. The van der Waals surface area contributed by atoms with Crippen LogP contribution in [0.15, 0.2) is 23.1 Å². The third-order valence-corrected chi connectivity index (χ3v) is 6.12. The van der Waals surface area contributed by atoms with Gasteiger partial charge in [-0.3, -0.25) is 0 Å². The smallest absolute Gasteiger partial charge is 0.246 e. The summed E-state index contributed by atoms with van der Waals surface area (Å²) < 4.78 is 37.4. The fraction of sp³-hybridized carbons (Fsp3) is 0.625. The Kier molecular flexibility index (Phi) is 6.26. The molecule has 1 aliphatic rings. The summed E-state index contributed by atoms with van der Waals surface area (Å²) in [6, 6.07) is 4.81. The standard InChI is InChI=1S/C16H26N2O4S/c1-17(11-12-18-9-5-4-6-10-18)23(19,20)16-13-14(21-2)7-8-15(16)22-3/h7-8,13H,4-6,9-12H2,1-3H3. The molecule has 1 heterocycles. The van der Waals surface area contributed by atoms with Gasteiger partial charge in [0.1, 0.15) is 16.4 Å². The summed E-state index contributed by atoms with van der Waals surface area (Å²) in [7, 11) is 0.975. The third-order valence-electron chi connectivity index (χ3n) is 4.24. The lowest BCUT2D eigenvalue weighted by Crippen LogP contribution is -2.38.